The van der Waals surface area contributed by atoms with Crippen molar-refractivity contribution < 1.29 is 40.7 Å². The molecule has 0 bridgehead atoms. The molecule has 2 aliphatic rings. The molecule has 2 aliphatic heterocycles. The van der Waals surface area contributed by atoms with E-state index in [0.717, 1.165) is 37.1 Å². The van der Waals surface area contributed by atoms with E-state index in [4.69, 9.17) is 4.74 Å². The first-order valence-corrected chi connectivity index (χ1v) is 14.3. The highest BCUT2D eigenvalue weighted by Crippen LogP contribution is 2.48. The van der Waals surface area contributed by atoms with Crippen LogP contribution in [-0.4, -0.2) is 67.6 Å². The molecule has 4 rings (SSSR count). The summed E-state index contributed by atoms with van der Waals surface area (Å²) in [4.78, 5) is 26.8. The Morgan fingerprint density at radius 2 is 1.62 bits per heavy atom. The van der Waals surface area contributed by atoms with Crippen molar-refractivity contribution in [2.75, 3.05) is 51.3 Å². The average molecular weight is 616 g/mol. The fourth-order valence-corrected chi connectivity index (χ4v) is 6.01. The van der Waals surface area contributed by atoms with E-state index >= 15 is 0 Å². The van der Waals surface area contributed by atoms with Crippen LogP contribution in [0.15, 0.2) is 52.3 Å². The molecule has 0 aliphatic carbocycles. The van der Waals surface area contributed by atoms with Crippen molar-refractivity contribution in [1.29, 1.82) is 0 Å². The number of nitrogens with one attached hydrogen (secondary N) is 1. The van der Waals surface area contributed by atoms with E-state index in [0.29, 0.717) is 47.9 Å². The number of amides is 2. The third-order valence-electron chi connectivity index (χ3n) is 7.21. The molecule has 13 heteroatoms. The minimum atomic E-state index is -5.33. The summed E-state index contributed by atoms with van der Waals surface area (Å²) < 4.78 is 90.3. The molecular weight excluding hydrogens is 584 g/mol. The minimum absolute atomic E-state index is 0.0311. The van der Waals surface area contributed by atoms with Crippen molar-refractivity contribution in [2.45, 2.75) is 41.9 Å². The molecule has 0 spiro atoms. The van der Waals surface area contributed by atoms with E-state index in [-0.39, 0.29) is 32.2 Å². The number of hydrogen-bond donors (Lipinski definition) is 1. The molecule has 0 aromatic heterocycles. The van der Waals surface area contributed by atoms with Crippen LogP contribution in [-0.2, 0) is 26.7 Å². The lowest BCUT2D eigenvalue weighted by molar-refractivity contribution is -0.163. The van der Waals surface area contributed by atoms with E-state index in [1.807, 2.05) is 0 Å². The highest BCUT2D eigenvalue weighted by Gasteiger charge is 2.46. The molecule has 2 saturated heterocycles. The van der Waals surface area contributed by atoms with E-state index in [2.05, 4.69) is 5.32 Å². The second-order valence-corrected chi connectivity index (χ2v) is 11.2. The van der Waals surface area contributed by atoms with E-state index in [1.165, 1.54) is 17.9 Å². The summed E-state index contributed by atoms with van der Waals surface area (Å²) in [5.41, 5.74) is -3.75. The van der Waals surface area contributed by atoms with Crippen molar-refractivity contribution in [3.8, 4) is 0 Å². The van der Waals surface area contributed by atoms with Crippen LogP contribution in [0.25, 0.3) is 6.08 Å². The van der Waals surface area contributed by atoms with Gasteiger partial charge in [0.1, 0.15) is 0 Å². The zero-order valence-corrected chi connectivity index (χ0v) is 23.7. The predicted octanol–water partition coefficient (Wildman–Crippen LogP) is 6.42. The number of carbonyl (C=O) groups excluding carboxylic acids is 2. The molecule has 0 unspecified atom stereocenters. The molecule has 2 aromatic carbocycles. The van der Waals surface area contributed by atoms with Crippen LogP contribution in [0.2, 0.25) is 0 Å². The Morgan fingerprint density at radius 3 is 2.24 bits per heavy atom. The second-order valence-electron chi connectivity index (χ2n) is 10.1. The summed E-state index contributed by atoms with van der Waals surface area (Å²) in [6, 6.07) is 8.44. The monoisotopic (exact) mass is 615 g/mol. The zero-order valence-electron chi connectivity index (χ0n) is 22.9. The van der Waals surface area contributed by atoms with Gasteiger partial charge in [0.2, 0.25) is 11.8 Å². The van der Waals surface area contributed by atoms with Gasteiger partial charge in [-0.3, -0.25) is 9.59 Å². The van der Waals surface area contributed by atoms with Gasteiger partial charge in [0.15, 0.2) is 0 Å². The Hall–Kier alpha value is -3.19. The molecular formula is C29H31F6N3O3S. The largest absolute Gasteiger partial charge is 0.418 e. The lowest BCUT2D eigenvalue weighted by atomic mass is 9.96. The Kier molecular flexibility index (Phi) is 10.1. The summed E-state index contributed by atoms with van der Waals surface area (Å²) >= 11 is 0.589. The number of anilines is 1. The van der Waals surface area contributed by atoms with Crippen LogP contribution < -0.4 is 5.32 Å². The van der Waals surface area contributed by atoms with Crippen molar-refractivity contribution in [1.82, 2.24) is 9.80 Å². The van der Waals surface area contributed by atoms with Crippen LogP contribution in [0.4, 0.5) is 32.0 Å². The normalized spacial score (nSPS) is 17.1. The van der Waals surface area contributed by atoms with Crippen LogP contribution in [0.1, 0.15) is 36.5 Å². The Labute approximate surface area is 244 Å². The number of halogens is 6. The zero-order chi connectivity index (χ0) is 30.5. The molecule has 2 amide bonds. The first kappa shape index (κ1) is 31.7. The van der Waals surface area contributed by atoms with Crippen molar-refractivity contribution in [3.05, 3.63) is 59.2 Å². The quantitative estimate of drug-likeness (QED) is 0.288. The summed E-state index contributed by atoms with van der Waals surface area (Å²) in [5.74, 6) is -0.269. The maximum Gasteiger partial charge on any atom is 0.418 e. The highest BCUT2D eigenvalue weighted by molar-refractivity contribution is 7.99. The van der Waals surface area contributed by atoms with Gasteiger partial charge >= 0.3 is 12.4 Å². The number of alkyl halides is 6. The Balaban J connectivity index is 1.55. The van der Waals surface area contributed by atoms with E-state index in [9.17, 15) is 35.9 Å². The average Bonchev–Trinajstić information content (AvgIpc) is 2.94. The standard InChI is InChI=1S/C29H31F6N3O3S/c1-19(39)37-11-9-20(10-12-37)18-36-22-3-2-4-23(17-22)42-24-7-5-21(6-8-25(40)38-13-15-41-16-14-38)26(28(30,31)32)27(24)29(33,34)35/h2-8,17,20,36H,9-16,18H2,1H3/b8-6+. The number of morpholine rings is 1. The number of nitrogens with zero attached hydrogens (tertiary/aromatic N) is 2. The number of benzene rings is 2. The summed E-state index contributed by atoms with van der Waals surface area (Å²) in [7, 11) is 0. The maximum atomic E-state index is 14.2. The van der Waals surface area contributed by atoms with Gasteiger partial charge in [-0.05, 0) is 54.7 Å². The van der Waals surface area contributed by atoms with Gasteiger partial charge in [-0.1, -0.05) is 23.9 Å². The Bertz CT molecular complexity index is 1300. The lowest BCUT2D eigenvalue weighted by Gasteiger charge is -2.31. The van der Waals surface area contributed by atoms with Crippen LogP contribution >= 0.6 is 11.8 Å². The number of rotatable bonds is 7. The van der Waals surface area contributed by atoms with Gasteiger partial charge in [0.25, 0.3) is 0 Å². The minimum Gasteiger partial charge on any atom is -0.385 e. The van der Waals surface area contributed by atoms with Crippen LogP contribution in [0, 0.1) is 5.92 Å². The summed E-state index contributed by atoms with van der Waals surface area (Å²) in [6.45, 7) is 4.47. The van der Waals surface area contributed by atoms with Crippen LogP contribution in [0.3, 0.4) is 0 Å². The molecule has 0 atom stereocenters. The van der Waals surface area contributed by atoms with Gasteiger partial charge in [-0.15, -0.1) is 0 Å². The molecule has 1 N–H and O–H groups in total. The highest BCUT2D eigenvalue weighted by atomic mass is 32.2. The van der Waals surface area contributed by atoms with Crippen LogP contribution in [0.5, 0.6) is 0 Å². The lowest BCUT2D eigenvalue weighted by Crippen LogP contribution is -2.39. The van der Waals surface area contributed by atoms with Crippen molar-refractivity contribution in [3.63, 3.8) is 0 Å². The molecule has 2 fully saturated rings. The first-order chi connectivity index (χ1) is 19.8. The predicted molar refractivity (Wildman–Crippen MR) is 147 cm³/mol. The fraction of sp³-hybridized carbons (Fsp3) is 0.448. The van der Waals surface area contributed by atoms with E-state index < -0.39 is 39.8 Å². The molecule has 42 heavy (non-hydrogen) atoms. The number of likely N-dealkylation sites (tertiary alicyclic amines) is 1. The second kappa shape index (κ2) is 13.4. The van der Waals surface area contributed by atoms with Gasteiger partial charge < -0.3 is 19.9 Å². The van der Waals surface area contributed by atoms with Gasteiger partial charge in [0, 0.05) is 61.2 Å². The third kappa shape index (κ3) is 8.21. The molecule has 0 saturated carbocycles. The van der Waals surface area contributed by atoms with Gasteiger partial charge in [-0.2, -0.15) is 26.3 Å². The molecule has 228 valence electrons. The topological polar surface area (TPSA) is 61.9 Å². The van der Waals surface area contributed by atoms with Crippen molar-refractivity contribution >= 4 is 35.3 Å². The SMILES string of the molecule is CC(=O)N1CCC(CNc2cccc(Sc3ccc(/C=C/C(=O)N4CCOCC4)c(C(F)(F)F)c3C(F)(F)F)c2)CC1. The van der Waals surface area contributed by atoms with E-state index in [1.54, 1.807) is 23.1 Å². The number of hydrogen-bond acceptors (Lipinski definition) is 5. The molecule has 2 heterocycles. The fourth-order valence-electron chi connectivity index (χ4n) is 4.97. The maximum absolute atomic E-state index is 14.2. The third-order valence-corrected chi connectivity index (χ3v) is 8.26. The Morgan fingerprint density at radius 1 is 0.952 bits per heavy atom. The first-order valence-electron chi connectivity index (χ1n) is 13.5. The molecule has 6 nitrogen and oxygen atoms in total. The number of ether oxygens (including phenoxy) is 1. The van der Waals surface area contributed by atoms with Crippen molar-refractivity contribution in [2.24, 2.45) is 5.92 Å². The smallest absolute Gasteiger partial charge is 0.385 e. The molecule has 0 radical (unpaired) electrons. The summed E-state index contributed by atoms with van der Waals surface area (Å²) in [5, 5.41) is 3.26. The van der Waals surface area contributed by atoms with Gasteiger partial charge in [0.05, 0.1) is 24.3 Å². The number of piperidine rings is 1. The number of carbonyl (C=O) groups is 2. The molecule has 2 aromatic rings. The summed E-state index contributed by atoms with van der Waals surface area (Å²) in [6.07, 6.45) is -7.36. The van der Waals surface area contributed by atoms with Gasteiger partial charge in [-0.25, -0.2) is 0 Å².